The van der Waals surface area contributed by atoms with E-state index in [1.54, 1.807) is 26.4 Å². The van der Waals surface area contributed by atoms with Gasteiger partial charge >= 0.3 is 0 Å². The SMILES string of the molecule is C[C@@H]1[C@H](c2ccccc2)C[C@H](NC(=O)c2ccc3c(c2)C[C@@]2(C3)C(=O)NC3=C2CNC=N3)c2ncc(C(C)(C)O)n21. The second kappa shape index (κ2) is 9.14. The number of carbonyl (C=O) groups excluding carboxylic acids is 2. The Balaban J connectivity index is 1.18. The Bertz CT molecular complexity index is 1630. The van der Waals surface area contributed by atoms with E-state index < -0.39 is 11.0 Å². The Morgan fingerprint density at radius 3 is 2.71 bits per heavy atom. The first-order valence-electron chi connectivity index (χ1n) is 14.2. The highest BCUT2D eigenvalue weighted by molar-refractivity contribution is 5.96. The van der Waals surface area contributed by atoms with E-state index >= 15 is 0 Å². The monoisotopic (exact) mass is 550 g/mol. The van der Waals surface area contributed by atoms with Crippen LogP contribution in [0.1, 0.15) is 83.8 Å². The summed E-state index contributed by atoms with van der Waals surface area (Å²) in [6.07, 6.45) is 5.18. The van der Waals surface area contributed by atoms with Gasteiger partial charge in [0, 0.05) is 29.6 Å². The number of imidazole rings is 1. The van der Waals surface area contributed by atoms with Crippen LogP contribution in [0.25, 0.3) is 0 Å². The smallest absolute Gasteiger partial charge is 0.251 e. The normalized spacial score (nSPS) is 26.3. The molecule has 2 aromatic carbocycles. The van der Waals surface area contributed by atoms with Crippen molar-refractivity contribution < 1.29 is 14.7 Å². The molecule has 0 radical (unpaired) electrons. The van der Waals surface area contributed by atoms with Crippen LogP contribution in [0, 0.1) is 5.41 Å². The molecule has 0 saturated heterocycles. The highest BCUT2D eigenvalue weighted by atomic mass is 16.3. The summed E-state index contributed by atoms with van der Waals surface area (Å²) in [4.78, 5) is 35.9. The lowest BCUT2D eigenvalue weighted by Gasteiger charge is -2.38. The van der Waals surface area contributed by atoms with Crippen molar-refractivity contribution in [2.45, 2.75) is 63.6 Å². The summed E-state index contributed by atoms with van der Waals surface area (Å²) in [6.45, 7) is 6.27. The number of benzene rings is 2. The van der Waals surface area contributed by atoms with Crippen molar-refractivity contribution in [1.29, 1.82) is 0 Å². The summed E-state index contributed by atoms with van der Waals surface area (Å²) < 4.78 is 2.10. The number of nitrogens with one attached hydrogen (secondary N) is 3. The maximum Gasteiger partial charge on any atom is 0.251 e. The molecule has 0 bridgehead atoms. The molecule has 4 atom stereocenters. The molecule has 2 amide bonds. The topological polar surface area (TPSA) is 121 Å². The van der Waals surface area contributed by atoms with Crippen molar-refractivity contribution in [3.8, 4) is 0 Å². The third kappa shape index (κ3) is 4.01. The zero-order valence-corrected chi connectivity index (χ0v) is 23.4. The maximum absolute atomic E-state index is 13.7. The van der Waals surface area contributed by atoms with Crippen LogP contribution in [0.2, 0.25) is 0 Å². The van der Waals surface area contributed by atoms with Crippen LogP contribution in [0.4, 0.5) is 0 Å². The average Bonchev–Trinajstić information content (AvgIpc) is 3.65. The third-order valence-electron chi connectivity index (χ3n) is 9.32. The second-order valence-corrected chi connectivity index (χ2v) is 12.3. The van der Waals surface area contributed by atoms with E-state index in [2.05, 4.69) is 44.6 Å². The fraction of sp³-hybridized carbons (Fsp3) is 0.375. The third-order valence-corrected chi connectivity index (χ3v) is 9.32. The van der Waals surface area contributed by atoms with Gasteiger partial charge in [0.2, 0.25) is 5.91 Å². The summed E-state index contributed by atoms with van der Waals surface area (Å²) in [5, 5.41) is 20.3. The zero-order valence-electron chi connectivity index (χ0n) is 23.4. The molecule has 4 aliphatic rings. The molecular weight excluding hydrogens is 516 g/mol. The summed E-state index contributed by atoms with van der Waals surface area (Å²) in [7, 11) is 0. The van der Waals surface area contributed by atoms with Gasteiger partial charge in [-0.3, -0.25) is 9.59 Å². The number of aliphatic hydroxyl groups is 1. The van der Waals surface area contributed by atoms with Gasteiger partial charge in [0.15, 0.2) is 0 Å². The van der Waals surface area contributed by atoms with Crippen molar-refractivity contribution >= 4 is 18.2 Å². The fourth-order valence-corrected chi connectivity index (χ4v) is 7.21. The van der Waals surface area contributed by atoms with Crippen molar-refractivity contribution in [2.75, 3.05) is 6.54 Å². The molecule has 9 nitrogen and oxygen atoms in total. The molecule has 1 aromatic heterocycles. The largest absolute Gasteiger partial charge is 0.384 e. The first-order valence-corrected chi connectivity index (χ1v) is 14.2. The van der Waals surface area contributed by atoms with Gasteiger partial charge in [0.25, 0.3) is 5.91 Å². The van der Waals surface area contributed by atoms with Crippen molar-refractivity contribution in [3.63, 3.8) is 0 Å². The van der Waals surface area contributed by atoms with Gasteiger partial charge < -0.3 is 25.6 Å². The van der Waals surface area contributed by atoms with Crippen LogP contribution in [-0.4, -0.2) is 39.4 Å². The Labute approximate surface area is 238 Å². The van der Waals surface area contributed by atoms with Gasteiger partial charge in [-0.1, -0.05) is 36.4 Å². The molecule has 9 heteroatoms. The van der Waals surface area contributed by atoms with Crippen LogP contribution < -0.4 is 16.0 Å². The average molecular weight is 551 g/mol. The van der Waals surface area contributed by atoms with Crippen LogP contribution in [0.15, 0.2) is 71.1 Å². The zero-order chi connectivity index (χ0) is 28.5. The van der Waals surface area contributed by atoms with E-state index in [0.29, 0.717) is 37.2 Å². The predicted octanol–water partition coefficient (Wildman–Crippen LogP) is 3.39. The van der Waals surface area contributed by atoms with Crippen LogP contribution in [-0.2, 0) is 23.2 Å². The molecule has 0 unspecified atom stereocenters. The summed E-state index contributed by atoms with van der Waals surface area (Å²) >= 11 is 0. The summed E-state index contributed by atoms with van der Waals surface area (Å²) in [5.74, 6) is 1.32. The number of aromatic nitrogens is 2. The molecule has 4 N–H and O–H groups in total. The maximum atomic E-state index is 13.7. The number of aliphatic imine (C=N–C) groups is 1. The highest BCUT2D eigenvalue weighted by Crippen LogP contribution is 2.48. The highest BCUT2D eigenvalue weighted by Gasteiger charge is 2.52. The molecule has 7 rings (SSSR count). The first kappa shape index (κ1) is 25.7. The fourth-order valence-electron chi connectivity index (χ4n) is 7.21. The number of rotatable bonds is 4. The molecule has 3 aromatic rings. The van der Waals surface area contributed by atoms with E-state index in [9.17, 15) is 14.7 Å². The van der Waals surface area contributed by atoms with Crippen molar-refractivity contribution in [1.82, 2.24) is 25.5 Å². The number of hydrogen-bond acceptors (Lipinski definition) is 6. The minimum absolute atomic E-state index is 0.0247. The van der Waals surface area contributed by atoms with E-state index in [-0.39, 0.29) is 29.8 Å². The van der Waals surface area contributed by atoms with Gasteiger partial charge in [-0.2, -0.15) is 0 Å². The molecule has 210 valence electrons. The number of nitrogens with zero attached hydrogens (tertiary/aromatic N) is 3. The molecule has 0 fully saturated rings. The summed E-state index contributed by atoms with van der Waals surface area (Å²) in [5.41, 5.74) is 3.83. The van der Waals surface area contributed by atoms with Gasteiger partial charge in [0.05, 0.1) is 29.7 Å². The Morgan fingerprint density at radius 1 is 1.15 bits per heavy atom. The molecule has 41 heavy (non-hydrogen) atoms. The van der Waals surface area contributed by atoms with Crippen LogP contribution in [0.3, 0.4) is 0 Å². The molecule has 0 saturated carbocycles. The number of carbonyl (C=O) groups is 2. The lowest BCUT2D eigenvalue weighted by Crippen LogP contribution is -2.38. The number of amides is 2. The van der Waals surface area contributed by atoms with Crippen LogP contribution in [0.5, 0.6) is 0 Å². The minimum atomic E-state index is -1.08. The van der Waals surface area contributed by atoms with Gasteiger partial charge in [0.1, 0.15) is 17.2 Å². The lowest BCUT2D eigenvalue weighted by molar-refractivity contribution is -0.126. The Morgan fingerprint density at radius 2 is 1.93 bits per heavy atom. The Hall–Kier alpha value is -4.24. The van der Waals surface area contributed by atoms with Gasteiger partial charge in [-0.15, -0.1) is 0 Å². The predicted molar refractivity (Wildman–Crippen MR) is 154 cm³/mol. The standard InChI is InChI=1S/C32H34N6O3/c1-18-23(19-7-5-4-6-8-19)12-25(28-34-16-26(38(18)28)31(2,3)41)36-29(39)20-9-10-21-13-32(14-22(21)11-20)24-15-33-17-35-27(24)37-30(32)40/h4-11,16-18,23,25,41H,12-15H2,1-3H3,(H,33,35)(H,36,39)(H,37,40)/t18-,23-,25+,32-/m1/s1. The molecule has 4 heterocycles. The van der Waals surface area contributed by atoms with E-state index in [0.717, 1.165) is 28.2 Å². The number of fused-ring (bicyclic) bond motifs is 3. The Kier molecular flexibility index (Phi) is 5.73. The lowest BCUT2D eigenvalue weighted by atomic mass is 9.78. The van der Waals surface area contributed by atoms with E-state index in [4.69, 9.17) is 4.98 Å². The quantitative estimate of drug-likeness (QED) is 0.397. The number of hydrogen-bond donors (Lipinski definition) is 4. The van der Waals surface area contributed by atoms with E-state index in [1.807, 2.05) is 36.4 Å². The first-order chi connectivity index (χ1) is 19.7. The second-order valence-electron chi connectivity index (χ2n) is 12.3. The van der Waals surface area contributed by atoms with Crippen molar-refractivity contribution in [3.05, 3.63) is 99.9 Å². The van der Waals surface area contributed by atoms with E-state index in [1.165, 1.54) is 5.56 Å². The van der Waals surface area contributed by atoms with Crippen molar-refractivity contribution in [2.24, 2.45) is 10.4 Å². The molecular formula is C32H34N6O3. The van der Waals surface area contributed by atoms with Gasteiger partial charge in [-0.05, 0) is 68.9 Å². The molecule has 1 aliphatic carbocycles. The van der Waals surface area contributed by atoms with Crippen LogP contribution >= 0.6 is 0 Å². The minimum Gasteiger partial charge on any atom is -0.384 e. The molecule has 3 aliphatic heterocycles. The summed E-state index contributed by atoms with van der Waals surface area (Å²) in [6, 6.07) is 15.8. The molecule has 1 spiro atoms. The van der Waals surface area contributed by atoms with Gasteiger partial charge in [-0.25, -0.2) is 9.98 Å².